The van der Waals surface area contributed by atoms with Crippen LogP contribution in [0.4, 0.5) is 18.9 Å². The predicted molar refractivity (Wildman–Crippen MR) is 132 cm³/mol. The van der Waals surface area contributed by atoms with Crippen molar-refractivity contribution in [1.29, 1.82) is 0 Å². The zero-order valence-corrected chi connectivity index (χ0v) is 19.1. The summed E-state index contributed by atoms with van der Waals surface area (Å²) in [5, 5.41) is 1.92. The molecule has 3 aromatic rings. The maximum absolute atomic E-state index is 14.5. The van der Waals surface area contributed by atoms with Gasteiger partial charge in [0.25, 0.3) is 0 Å². The first kappa shape index (κ1) is 24.6. The van der Waals surface area contributed by atoms with Gasteiger partial charge in [-0.25, -0.2) is 13.2 Å². The fraction of sp³-hybridized carbons (Fsp3) is 0.138. The average Bonchev–Trinajstić information content (AvgIpc) is 2.83. The van der Waals surface area contributed by atoms with Crippen LogP contribution in [0.1, 0.15) is 54.0 Å². The van der Waals surface area contributed by atoms with Crippen molar-refractivity contribution in [1.82, 2.24) is 0 Å². The number of nitrogens with zero attached hydrogens (tertiary/aromatic N) is 1. The molecule has 3 rings (SSSR count). The molecule has 0 fully saturated rings. The molecule has 0 N–H and O–H groups in total. The van der Waals surface area contributed by atoms with E-state index in [9.17, 15) is 13.2 Å². The Morgan fingerprint density at radius 3 is 1.88 bits per heavy atom. The van der Waals surface area contributed by atoms with Crippen molar-refractivity contribution in [2.45, 2.75) is 26.2 Å². The third-order valence-electron chi connectivity index (χ3n) is 4.61. The molecule has 0 amide bonds. The molecule has 0 saturated carbocycles. The topological polar surface area (TPSA) is 12.4 Å². The number of unbranched alkanes of at least 4 members (excludes halogenated alkanes) is 2. The highest BCUT2D eigenvalue weighted by Gasteiger charge is 2.09. The van der Waals surface area contributed by atoms with Gasteiger partial charge >= 0.3 is 0 Å². The number of thiocarbonyl (C=S) groups is 1. The molecule has 0 unspecified atom stereocenters. The third kappa shape index (κ3) is 6.96. The van der Waals surface area contributed by atoms with Gasteiger partial charge in [-0.2, -0.15) is 4.99 Å². The van der Waals surface area contributed by atoms with Crippen molar-refractivity contribution in [3.05, 3.63) is 99.9 Å². The smallest absolute Gasteiger partial charge is 0.153 e. The second-order valence-electron chi connectivity index (χ2n) is 7.17. The van der Waals surface area contributed by atoms with Crippen molar-refractivity contribution >= 4 is 23.1 Å². The van der Waals surface area contributed by atoms with Crippen molar-refractivity contribution in [2.24, 2.45) is 4.99 Å². The molecule has 0 saturated heterocycles. The molecular weight excluding hydrogens is 451 g/mol. The molecule has 0 aromatic heterocycles. The van der Waals surface area contributed by atoms with Gasteiger partial charge in [0.15, 0.2) is 11.6 Å². The number of halogens is 3. The quantitative estimate of drug-likeness (QED) is 0.171. The van der Waals surface area contributed by atoms with E-state index in [2.05, 4.69) is 59.7 Å². The van der Waals surface area contributed by atoms with Crippen LogP contribution in [-0.2, 0) is 0 Å². The van der Waals surface area contributed by atoms with Gasteiger partial charge in [0, 0.05) is 28.7 Å². The summed E-state index contributed by atoms with van der Waals surface area (Å²) in [6, 6.07) is 13.8. The second-order valence-corrected chi connectivity index (χ2v) is 7.35. The minimum absolute atomic E-state index is 0.0843. The van der Waals surface area contributed by atoms with Gasteiger partial charge in [-0.3, -0.25) is 0 Å². The van der Waals surface area contributed by atoms with Gasteiger partial charge in [-0.05, 0) is 73.2 Å². The highest BCUT2D eigenvalue weighted by molar-refractivity contribution is 7.78. The van der Waals surface area contributed by atoms with E-state index in [0.29, 0.717) is 5.56 Å². The molecule has 0 spiro atoms. The minimum Gasteiger partial charge on any atom is -0.206 e. The van der Waals surface area contributed by atoms with Crippen LogP contribution in [0.2, 0.25) is 0 Å². The van der Waals surface area contributed by atoms with E-state index in [0.717, 1.165) is 42.5 Å². The van der Waals surface area contributed by atoms with Crippen LogP contribution in [0.15, 0.2) is 59.6 Å². The van der Waals surface area contributed by atoms with Crippen molar-refractivity contribution in [2.75, 3.05) is 0 Å². The second kappa shape index (κ2) is 12.2. The largest absolute Gasteiger partial charge is 0.206 e. The summed E-state index contributed by atoms with van der Waals surface area (Å²) in [6.45, 7) is 2.13. The lowest BCUT2D eigenvalue weighted by Gasteiger charge is -1.99. The highest BCUT2D eigenvalue weighted by Crippen LogP contribution is 2.23. The maximum atomic E-state index is 14.5. The van der Waals surface area contributed by atoms with Gasteiger partial charge in [-0.15, -0.1) is 0 Å². The van der Waals surface area contributed by atoms with E-state index in [1.807, 2.05) is 29.4 Å². The van der Waals surface area contributed by atoms with Gasteiger partial charge in [0.05, 0.1) is 10.7 Å². The van der Waals surface area contributed by atoms with Crippen molar-refractivity contribution in [3.63, 3.8) is 0 Å². The zero-order chi connectivity index (χ0) is 24.3. The first-order valence-corrected chi connectivity index (χ1v) is 10.9. The number of isothiocyanates is 1. The molecule has 166 valence electrons. The van der Waals surface area contributed by atoms with E-state index in [1.165, 1.54) is 12.1 Å². The van der Waals surface area contributed by atoms with Crippen molar-refractivity contribution in [3.8, 4) is 35.5 Å². The molecule has 0 aliphatic rings. The normalized spacial score (nSPS) is 9.41. The standard InChI is InChI=1S/C29H18F3NS/c1-2-3-4-5-6-21-7-9-22(10-8-21)13-15-25-16-14-23(17-26(25)30)11-12-24-18-27(31)29(33-20-34)28(32)19-24/h7-10,14,16-19H,2-4H2,1H3. The summed E-state index contributed by atoms with van der Waals surface area (Å²) in [7, 11) is 0. The number of benzene rings is 3. The first-order valence-electron chi connectivity index (χ1n) is 10.5. The molecular formula is C29H18F3NS. The number of hydrogen-bond acceptors (Lipinski definition) is 2. The summed E-state index contributed by atoms with van der Waals surface area (Å²) < 4.78 is 42.3. The van der Waals surface area contributed by atoms with Gasteiger partial charge in [0.1, 0.15) is 11.5 Å². The fourth-order valence-corrected chi connectivity index (χ4v) is 2.93. The van der Waals surface area contributed by atoms with Crippen LogP contribution in [0, 0.1) is 53.0 Å². The Kier molecular flexibility index (Phi) is 8.85. The molecule has 0 radical (unpaired) electrons. The Morgan fingerprint density at radius 2 is 1.26 bits per heavy atom. The van der Waals surface area contributed by atoms with Gasteiger partial charge in [0.2, 0.25) is 0 Å². The molecule has 0 heterocycles. The molecule has 0 aliphatic carbocycles. The first-order chi connectivity index (χ1) is 16.5. The van der Waals surface area contributed by atoms with E-state index >= 15 is 0 Å². The SMILES string of the molecule is CCCCC#Cc1ccc(C#Cc2ccc(C#Cc3cc(F)c(N=C=S)c(F)c3)cc2F)cc1. The molecule has 5 heteroatoms. The summed E-state index contributed by atoms with van der Waals surface area (Å²) in [6.07, 6.45) is 3.08. The minimum atomic E-state index is -0.907. The molecule has 3 aromatic carbocycles. The van der Waals surface area contributed by atoms with E-state index in [-0.39, 0.29) is 11.1 Å². The van der Waals surface area contributed by atoms with Crippen molar-refractivity contribution < 1.29 is 13.2 Å². The summed E-state index contributed by atoms with van der Waals surface area (Å²) in [4.78, 5) is 3.35. The average molecular weight is 470 g/mol. The number of aliphatic imine (C=N–C) groups is 1. The summed E-state index contributed by atoms with van der Waals surface area (Å²) >= 11 is 4.37. The van der Waals surface area contributed by atoms with Gasteiger partial charge < -0.3 is 0 Å². The molecule has 0 bridgehead atoms. The summed E-state index contributed by atoms with van der Waals surface area (Å²) in [5.74, 6) is 14.9. The Balaban J connectivity index is 1.73. The number of rotatable bonds is 3. The Bertz CT molecular complexity index is 1410. The Morgan fingerprint density at radius 1 is 0.706 bits per heavy atom. The molecule has 0 atom stereocenters. The van der Waals surface area contributed by atoms with E-state index < -0.39 is 23.1 Å². The van der Waals surface area contributed by atoms with Crippen LogP contribution in [-0.4, -0.2) is 5.16 Å². The fourth-order valence-electron chi connectivity index (χ4n) is 2.83. The summed E-state index contributed by atoms with van der Waals surface area (Å²) in [5.41, 5.74) is 1.78. The van der Waals surface area contributed by atoms with Crippen LogP contribution in [0.25, 0.3) is 0 Å². The lowest BCUT2D eigenvalue weighted by molar-refractivity contribution is 0.587. The highest BCUT2D eigenvalue weighted by atomic mass is 32.1. The predicted octanol–water partition coefficient (Wildman–Crippen LogP) is 7.18. The lowest BCUT2D eigenvalue weighted by Crippen LogP contribution is -1.88. The van der Waals surface area contributed by atoms with Crippen LogP contribution in [0.3, 0.4) is 0 Å². The van der Waals surface area contributed by atoms with Crippen LogP contribution in [0.5, 0.6) is 0 Å². The zero-order valence-electron chi connectivity index (χ0n) is 18.3. The van der Waals surface area contributed by atoms with Crippen LogP contribution >= 0.6 is 12.2 Å². The van der Waals surface area contributed by atoms with E-state index in [4.69, 9.17) is 0 Å². The van der Waals surface area contributed by atoms with Gasteiger partial charge in [-0.1, -0.05) is 48.9 Å². The lowest BCUT2D eigenvalue weighted by atomic mass is 10.1. The molecule has 0 aliphatic heterocycles. The number of hydrogen-bond donors (Lipinski definition) is 0. The molecule has 34 heavy (non-hydrogen) atoms. The Labute approximate surface area is 202 Å². The third-order valence-corrected chi connectivity index (χ3v) is 4.70. The Hall–Kier alpha value is -4.07. The van der Waals surface area contributed by atoms with E-state index in [1.54, 1.807) is 6.07 Å². The monoisotopic (exact) mass is 469 g/mol. The molecule has 1 nitrogen and oxygen atoms in total. The van der Waals surface area contributed by atoms with Crippen LogP contribution < -0.4 is 0 Å². The maximum Gasteiger partial charge on any atom is 0.153 e.